The Labute approximate surface area is 215 Å². The number of likely N-dealkylation sites (tertiary alicyclic amines) is 1. The number of rotatable bonds is 6. The van der Waals surface area contributed by atoms with Gasteiger partial charge in [-0.1, -0.05) is 30.4 Å². The molecule has 4 rings (SSSR count). The SMILES string of the molecule is COCCNC(=O)C[C@@H]1CCN2C[C@@H]1/C=C\COc1ccccc1CN(C1CCN(C)CC1)CC2=O. The van der Waals surface area contributed by atoms with Gasteiger partial charge in [0.2, 0.25) is 11.8 Å². The number of nitrogens with zero attached hydrogens (tertiary/aromatic N) is 3. The van der Waals surface area contributed by atoms with E-state index in [-0.39, 0.29) is 23.7 Å². The van der Waals surface area contributed by atoms with Crippen molar-refractivity contribution in [1.82, 2.24) is 20.0 Å². The van der Waals surface area contributed by atoms with Gasteiger partial charge in [0.25, 0.3) is 0 Å². The topological polar surface area (TPSA) is 74.3 Å². The monoisotopic (exact) mass is 498 g/mol. The number of benzene rings is 1. The molecule has 3 aliphatic rings. The maximum absolute atomic E-state index is 13.6. The summed E-state index contributed by atoms with van der Waals surface area (Å²) in [6, 6.07) is 8.56. The number of nitrogens with one attached hydrogen (secondary N) is 1. The van der Waals surface area contributed by atoms with E-state index in [0.29, 0.717) is 58.4 Å². The average molecular weight is 499 g/mol. The first-order valence-corrected chi connectivity index (χ1v) is 13.4. The van der Waals surface area contributed by atoms with Crippen molar-refractivity contribution < 1.29 is 19.1 Å². The third-order valence-corrected chi connectivity index (χ3v) is 7.84. The molecular formula is C28H42N4O4. The fraction of sp³-hybridized carbons (Fsp3) is 0.643. The highest BCUT2D eigenvalue weighted by molar-refractivity contribution is 5.79. The van der Waals surface area contributed by atoms with Crippen LogP contribution in [-0.2, 0) is 20.9 Å². The molecule has 1 aromatic carbocycles. The Bertz CT molecular complexity index is 899. The molecule has 0 aromatic heterocycles. The highest BCUT2D eigenvalue weighted by atomic mass is 16.5. The van der Waals surface area contributed by atoms with Crippen LogP contribution in [0.1, 0.15) is 31.2 Å². The van der Waals surface area contributed by atoms with E-state index in [1.165, 1.54) is 0 Å². The summed E-state index contributed by atoms with van der Waals surface area (Å²) >= 11 is 0. The molecule has 0 spiro atoms. The number of carbonyl (C=O) groups excluding carboxylic acids is 2. The summed E-state index contributed by atoms with van der Waals surface area (Å²) in [7, 11) is 3.80. The fourth-order valence-corrected chi connectivity index (χ4v) is 5.64. The Hall–Kier alpha value is -2.42. The molecule has 8 heteroatoms. The van der Waals surface area contributed by atoms with Gasteiger partial charge in [0.1, 0.15) is 12.4 Å². The summed E-state index contributed by atoms with van der Waals surface area (Å²) < 4.78 is 11.2. The molecule has 3 aliphatic heterocycles. The van der Waals surface area contributed by atoms with Crippen LogP contribution < -0.4 is 10.1 Å². The van der Waals surface area contributed by atoms with Crippen molar-refractivity contribution in [3.8, 4) is 5.75 Å². The zero-order valence-corrected chi connectivity index (χ0v) is 21.9. The van der Waals surface area contributed by atoms with Crippen LogP contribution in [0.3, 0.4) is 0 Å². The second kappa shape index (κ2) is 13.2. The Kier molecular flexibility index (Phi) is 9.78. The van der Waals surface area contributed by atoms with Crippen molar-refractivity contribution in [3.63, 3.8) is 0 Å². The lowest BCUT2D eigenvalue weighted by molar-refractivity contribution is -0.136. The van der Waals surface area contributed by atoms with Crippen LogP contribution in [0.5, 0.6) is 5.75 Å². The van der Waals surface area contributed by atoms with E-state index < -0.39 is 0 Å². The summed E-state index contributed by atoms with van der Waals surface area (Å²) in [6.07, 6.45) is 7.63. The molecule has 2 saturated heterocycles. The quantitative estimate of drug-likeness (QED) is 0.479. The summed E-state index contributed by atoms with van der Waals surface area (Å²) in [5.74, 6) is 1.45. The average Bonchev–Trinajstić information content (AvgIpc) is 2.88. The van der Waals surface area contributed by atoms with Gasteiger partial charge in [-0.05, 0) is 57.3 Å². The predicted molar refractivity (Wildman–Crippen MR) is 140 cm³/mol. The van der Waals surface area contributed by atoms with Gasteiger partial charge in [-0.2, -0.15) is 0 Å². The largest absolute Gasteiger partial charge is 0.489 e. The zero-order valence-electron chi connectivity index (χ0n) is 21.9. The van der Waals surface area contributed by atoms with Gasteiger partial charge in [-0.3, -0.25) is 14.5 Å². The lowest BCUT2D eigenvalue weighted by Crippen LogP contribution is -2.51. The third-order valence-electron chi connectivity index (χ3n) is 7.84. The number of ether oxygens (including phenoxy) is 2. The van der Waals surface area contributed by atoms with Crippen LogP contribution in [0, 0.1) is 11.8 Å². The lowest BCUT2D eigenvalue weighted by Gasteiger charge is -2.40. The van der Waals surface area contributed by atoms with E-state index in [1.807, 2.05) is 23.1 Å². The van der Waals surface area contributed by atoms with Gasteiger partial charge in [-0.25, -0.2) is 0 Å². The van der Waals surface area contributed by atoms with Crippen molar-refractivity contribution in [2.45, 2.75) is 38.3 Å². The summed E-state index contributed by atoms with van der Waals surface area (Å²) in [4.78, 5) is 32.8. The Balaban J connectivity index is 1.51. The lowest BCUT2D eigenvalue weighted by atomic mass is 9.82. The molecule has 0 radical (unpaired) electrons. The van der Waals surface area contributed by atoms with Gasteiger partial charge in [0, 0.05) is 51.3 Å². The fourth-order valence-electron chi connectivity index (χ4n) is 5.64. The molecule has 198 valence electrons. The minimum Gasteiger partial charge on any atom is -0.489 e. The first-order chi connectivity index (χ1) is 17.5. The maximum Gasteiger partial charge on any atom is 0.236 e. The number of methoxy groups -OCH3 is 1. The number of hydrogen-bond donors (Lipinski definition) is 1. The van der Waals surface area contributed by atoms with Crippen molar-refractivity contribution >= 4 is 11.8 Å². The van der Waals surface area contributed by atoms with Gasteiger partial charge < -0.3 is 24.6 Å². The normalized spacial score (nSPS) is 25.6. The highest BCUT2D eigenvalue weighted by Gasteiger charge is 2.33. The van der Waals surface area contributed by atoms with Gasteiger partial charge in [0.05, 0.1) is 13.2 Å². The van der Waals surface area contributed by atoms with Gasteiger partial charge in [0.15, 0.2) is 0 Å². The maximum atomic E-state index is 13.6. The number of para-hydroxylation sites is 1. The van der Waals surface area contributed by atoms with Gasteiger partial charge >= 0.3 is 0 Å². The molecule has 1 aromatic rings. The molecule has 2 bridgehead atoms. The zero-order chi connectivity index (χ0) is 25.3. The third kappa shape index (κ3) is 7.31. The molecule has 2 fully saturated rings. The summed E-state index contributed by atoms with van der Waals surface area (Å²) in [6.45, 7) is 6.09. The second-order valence-electron chi connectivity index (χ2n) is 10.4. The minimum absolute atomic E-state index is 0.0479. The van der Waals surface area contributed by atoms with Crippen molar-refractivity contribution in [2.75, 3.05) is 66.6 Å². The standard InChI is InChI=1S/C28H42N4O4/c1-30-13-10-25(11-14-30)32-20-24-6-3-4-8-26(24)36-16-5-7-23-19-31(28(34)21-32)15-9-22(23)18-27(33)29-12-17-35-2/h3-8,22-23,25H,9-21H2,1-2H3,(H,29,33)/b7-5-/t22-,23-/m0/s1. The van der Waals surface area contributed by atoms with Crippen LogP contribution in [0.15, 0.2) is 36.4 Å². The first-order valence-electron chi connectivity index (χ1n) is 13.4. The minimum atomic E-state index is 0.0479. The van der Waals surface area contributed by atoms with E-state index in [2.05, 4.69) is 40.4 Å². The van der Waals surface area contributed by atoms with Crippen LogP contribution in [0.2, 0.25) is 0 Å². The molecule has 0 saturated carbocycles. The van der Waals surface area contributed by atoms with E-state index in [1.54, 1.807) is 7.11 Å². The van der Waals surface area contributed by atoms with Crippen LogP contribution in [0.4, 0.5) is 0 Å². The molecule has 3 heterocycles. The Morgan fingerprint density at radius 3 is 2.75 bits per heavy atom. The smallest absolute Gasteiger partial charge is 0.236 e. The molecule has 36 heavy (non-hydrogen) atoms. The van der Waals surface area contributed by atoms with Crippen LogP contribution in [0.25, 0.3) is 0 Å². The number of piperidine rings is 2. The number of hydrogen-bond acceptors (Lipinski definition) is 6. The predicted octanol–water partition coefficient (Wildman–Crippen LogP) is 2.15. The van der Waals surface area contributed by atoms with Gasteiger partial charge in [-0.15, -0.1) is 0 Å². The van der Waals surface area contributed by atoms with Crippen LogP contribution in [-0.4, -0.2) is 99.2 Å². The van der Waals surface area contributed by atoms with E-state index in [4.69, 9.17) is 9.47 Å². The van der Waals surface area contributed by atoms with E-state index >= 15 is 0 Å². The molecule has 2 atom stereocenters. The number of fused-ring (bicyclic) bond motifs is 3. The molecule has 1 N–H and O–H groups in total. The first kappa shape index (κ1) is 26.6. The molecule has 2 amide bonds. The Morgan fingerprint density at radius 2 is 1.94 bits per heavy atom. The van der Waals surface area contributed by atoms with Crippen LogP contribution >= 0.6 is 0 Å². The van der Waals surface area contributed by atoms with Crippen molar-refractivity contribution in [2.24, 2.45) is 11.8 Å². The van der Waals surface area contributed by atoms with E-state index in [0.717, 1.165) is 43.7 Å². The number of carbonyl (C=O) groups is 2. The van der Waals surface area contributed by atoms with Crippen molar-refractivity contribution in [1.29, 1.82) is 0 Å². The second-order valence-corrected chi connectivity index (χ2v) is 10.4. The Morgan fingerprint density at radius 1 is 1.14 bits per heavy atom. The van der Waals surface area contributed by atoms with E-state index in [9.17, 15) is 9.59 Å². The highest BCUT2D eigenvalue weighted by Crippen LogP contribution is 2.30. The summed E-state index contributed by atoms with van der Waals surface area (Å²) in [5.41, 5.74) is 1.13. The molecular weight excluding hydrogens is 456 g/mol. The molecule has 8 nitrogen and oxygen atoms in total. The van der Waals surface area contributed by atoms with Crippen molar-refractivity contribution in [3.05, 3.63) is 42.0 Å². The number of amides is 2. The molecule has 0 unspecified atom stereocenters. The summed E-state index contributed by atoms with van der Waals surface area (Å²) in [5, 5.41) is 2.94. The molecule has 0 aliphatic carbocycles.